The Balaban J connectivity index is 1.50. The fraction of sp³-hybridized carbons (Fsp3) is 0.333. The second kappa shape index (κ2) is 9.34. The molecule has 0 aliphatic carbocycles. The topological polar surface area (TPSA) is 99.5 Å². The molecule has 148 valence electrons. The number of urea groups is 1. The van der Waals surface area contributed by atoms with Gasteiger partial charge in [0.05, 0.1) is 0 Å². The summed E-state index contributed by atoms with van der Waals surface area (Å²) in [5, 5.41) is 8.69. The molecular formula is C21H27N5O2. The Morgan fingerprint density at radius 1 is 0.964 bits per heavy atom. The fourth-order valence-electron chi connectivity index (χ4n) is 3.14. The van der Waals surface area contributed by atoms with Gasteiger partial charge in [-0.1, -0.05) is 12.1 Å². The number of carbonyl (C=O) groups is 2. The number of likely N-dealkylation sites (tertiary alicyclic amines) is 1. The highest BCUT2D eigenvalue weighted by Crippen LogP contribution is 2.15. The molecule has 0 atom stereocenters. The van der Waals surface area contributed by atoms with Crippen molar-refractivity contribution >= 4 is 23.3 Å². The van der Waals surface area contributed by atoms with Crippen molar-refractivity contribution in [3.05, 3.63) is 59.7 Å². The van der Waals surface area contributed by atoms with Crippen molar-refractivity contribution in [1.82, 2.24) is 10.2 Å². The first-order valence-corrected chi connectivity index (χ1v) is 9.50. The Labute approximate surface area is 165 Å². The van der Waals surface area contributed by atoms with Crippen LogP contribution in [0.2, 0.25) is 0 Å². The zero-order valence-electron chi connectivity index (χ0n) is 16.1. The highest BCUT2D eigenvalue weighted by atomic mass is 16.2. The van der Waals surface area contributed by atoms with Crippen molar-refractivity contribution < 1.29 is 9.59 Å². The second-order valence-corrected chi connectivity index (χ2v) is 7.11. The van der Waals surface area contributed by atoms with E-state index in [1.54, 1.807) is 36.4 Å². The Hall–Kier alpha value is -2.90. The lowest BCUT2D eigenvalue weighted by atomic mass is 10.1. The van der Waals surface area contributed by atoms with Crippen LogP contribution in [0.3, 0.4) is 0 Å². The summed E-state index contributed by atoms with van der Waals surface area (Å²) in [6.45, 7) is 2.43. The quantitative estimate of drug-likeness (QED) is 0.640. The van der Waals surface area contributed by atoms with Crippen molar-refractivity contribution in [3.8, 4) is 0 Å². The van der Waals surface area contributed by atoms with Gasteiger partial charge < -0.3 is 26.6 Å². The molecule has 3 rings (SSSR count). The molecule has 1 saturated heterocycles. The minimum atomic E-state index is -0.202. The van der Waals surface area contributed by atoms with E-state index in [4.69, 9.17) is 5.73 Å². The molecule has 1 aliphatic rings. The van der Waals surface area contributed by atoms with Crippen molar-refractivity contribution in [1.29, 1.82) is 0 Å². The zero-order chi connectivity index (χ0) is 19.9. The van der Waals surface area contributed by atoms with Gasteiger partial charge in [-0.2, -0.15) is 0 Å². The van der Waals surface area contributed by atoms with Crippen LogP contribution in [0.4, 0.5) is 16.2 Å². The van der Waals surface area contributed by atoms with E-state index in [1.807, 2.05) is 12.1 Å². The number of amides is 3. The Morgan fingerprint density at radius 3 is 2.11 bits per heavy atom. The monoisotopic (exact) mass is 381 g/mol. The zero-order valence-corrected chi connectivity index (χ0v) is 16.1. The van der Waals surface area contributed by atoms with E-state index < -0.39 is 0 Å². The summed E-state index contributed by atoms with van der Waals surface area (Å²) >= 11 is 0. The number of hydrogen-bond donors (Lipinski definition) is 4. The van der Waals surface area contributed by atoms with Crippen LogP contribution >= 0.6 is 0 Å². The van der Waals surface area contributed by atoms with E-state index in [0.717, 1.165) is 31.5 Å². The predicted octanol–water partition coefficient (Wildman–Crippen LogP) is 2.61. The van der Waals surface area contributed by atoms with E-state index >= 15 is 0 Å². The van der Waals surface area contributed by atoms with Gasteiger partial charge in [0.2, 0.25) is 0 Å². The number of hydrogen-bond acceptors (Lipinski definition) is 4. The van der Waals surface area contributed by atoms with E-state index in [-0.39, 0.29) is 18.0 Å². The van der Waals surface area contributed by atoms with Crippen LogP contribution in [0.1, 0.15) is 28.8 Å². The van der Waals surface area contributed by atoms with Gasteiger partial charge in [0.25, 0.3) is 5.91 Å². The van der Waals surface area contributed by atoms with Crippen LogP contribution in [-0.2, 0) is 6.54 Å². The normalized spacial score (nSPS) is 15.1. The van der Waals surface area contributed by atoms with Crippen LogP contribution in [0.15, 0.2) is 48.5 Å². The maximum atomic E-state index is 12.3. The number of carbonyl (C=O) groups excluding carboxylic acids is 2. The maximum absolute atomic E-state index is 12.3. The van der Waals surface area contributed by atoms with Crippen LogP contribution in [0.25, 0.3) is 0 Å². The summed E-state index contributed by atoms with van der Waals surface area (Å²) in [6.07, 6.45) is 1.92. The highest BCUT2D eigenvalue weighted by molar-refractivity contribution is 6.04. The summed E-state index contributed by atoms with van der Waals surface area (Å²) in [4.78, 5) is 26.7. The van der Waals surface area contributed by atoms with Crippen LogP contribution in [0.5, 0.6) is 0 Å². The third kappa shape index (κ3) is 5.55. The molecule has 1 aliphatic heterocycles. The molecule has 28 heavy (non-hydrogen) atoms. The number of benzene rings is 2. The van der Waals surface area contributed by atoms with Gasteiger partial charge in [-0.25, -0.2) is 4.79 Å². The summed E-state index contributed by atoms with van der Waals surface area (Å²) in [6, 6.07) is 14.2. The van der Waals surface area contributed by atoms with Gasteiger partial charge in [0, 0.05) is 29.5 Å². The molecule has 1 fully saturated rings. The smallest absolute Gasteiger partial charge is 0.319 e. The molecule has 2 aromatic rings. The number of nitrogens with two attached hydrogens (primary N) is 1. The first kappa shape index (κ1) is 19.9. The number of piperidine rings is 1. The molecule has 3 amide bonds. The van der Waals surface area contributed by atoms with Crippen molar-refractivity contribution in [3.63, 3.8) is 0 Å². The maximum Gasteiger partial charge on any atom is 0.319 e. The second-order valence-electron chi connectivity index (χ2n) is 7.11. The average Bonchev–Trinajstić information content (AvgIpc) is 2.71. The Morgan fingerprint density at radius 2 is 1.54 bits per heavy atom. The molecule has 0 aromatic heterocycles. The van der Waals surface area contributed by atoms with Gasteiger partial charge in [-0.15, -0.1) is 0 Å². The minimum Gasteiger partial charge on any atom is -0.335 e. The molecule has 0 saturated carbocycles. The van der Waals surface area contributed by atoms with E-state index in [2.05, 4.69) is 27.9 Å². The average molecular weight is 381 g/mol. The van der Waals surface area contributed by atoms with Crippen LogP contribution in [-0.4, -0.2) is 43.0 Å². The Kier molecular flexibility index (Phi) is 6.62. The first-order chi connectivity index (χ1) is 13.5. The molecule has 0 unspecified atom stereocenters. The molecule has 0 spiro atoms. The minimum absolute atomic E-state index is 0.190. The summed E-state index contributed by atoms with van der Waals surface area (Å²) in [7, 11) is 2.09. The van der Waals surface area contributed by atoms with Crippen molar-refractivity contribution in [2.24, 2.45) is 5.73 Å². The molecule has 1 heterocycles. The van der Waals surface area contributed by atoms with Crippen LogP contribution < -0.4 is 21.7 Å². The molecule has 7 nitrogen and oxygen atoms in total. The fourth-order valence-corrected chi connectivity index (χ4v) is 3.14. The van der Waals surface area contributed by atoms with Gasteiger partial charge in [0.1, 0.15) is 0 Å². The predicted molar refractivity (Wildman–Crippen MR) is 111 cm³/mol. The summed E-state index contributed by atoms with van der Waals surface area (Å²) in [5.74, 6) is -0.190. The highest BCUT2D eigenvalue weighted by Gasteiger charge is 2.18. The lowest BCUT2D eigenvalue weighted by Gasteiger charge is -2.29. The summed E-state index contributed by atoms with van der Waals surface area (Å²) < 4.78 is 0. The van der Waals surface area contributed by atoms with E-state index in [9.17, 15) is 9.59 Å². The molecule has 7 heteroatoms. The van der Waals surface area contributed by atoms with Gasteiger partial charge in [-0.05, 0) is 74.9 Å². The van der Waals surface area contributed by atoms with Crippen molar-refractivity contribution in [2.75, 3.05) is 30.8 Å². The van der Waals surface area contributed by atoms with Gasteiger partial charge in [0.15, 0.2) is 0 Å². The van der Waals surface area contributed by atoms with Crippen LogP contribution in [0, 0.1) is 0 Å². The Bertz CT molecular complexity index is 797. The summed E-state index contributed by atoms with van der Waals surface area (Å²) in [5.41, 5.74) is 8.45. The third-order valence-corrected chi connectivity index (χ3v) is 4.91. The van der Waals surface area contributed by atoms with E-state index in [0.29, 0.717) is 23.5 Å². The molecule has 0 bridgehead atoms. The molecule has 2 aromatic carbocycles. The van der Waals surface area contributed by atoms with E-state index in [1.165, 1.54) is 0 Å². The molecule has 0 radical (unpaired) electrons. The lowest BCUT2D eigenvalue weighted by Crippen LogP contribution is -2.44. The largest absolute Gasteiger partial charge is 0.335 e. The van der Waals surface area contributed by atoms with Gasteiger partial charge >= 0.3 is 6.03 Å². The number of anilines is 2. The standard InChI is InChI=1S/C21H27N5O2/c1-26-12-10-19(11-13-26)25-21(28)24-18-8-6-17(7-9-18)23-20(27)16-4-2-15(14-22)3-5-16/h2-9,19H,10-14,22H2,1H3,(H,23,27)(H2,24,25,28). The SMILES string of the molecule is CN1CCC(NC(=O)Nc2ccc(NC(=O)c3ccc(CN)cc3)cc2)CC1. The molecule has 5 N–H and O–H groups in total. The first-order valence-electron chi connectivity index (χ1n) is 9.50. The number of rotatable bonds is 5. The molecular weight excluding hydrogens is 354 g/mol. The van der Waals surface area contributed by atoms with Gasteiger partial charge in [-0.3, -0.25) is 4.79 Å². The number of nitrogens with one attached hydrogen (secondary N) is 3. The third-order valence-electron chi connectivity index (χ3n) is 4.91. The van der Waals surface area contributed by atoms with Crippen molar-refractivity contribution in [2.45, 2.75) is 25.4 Å². The lowest BCUT2D eigenvalue weighted by molar-refractivity contribution is 0.102. The number of nitrogens with zero attached hydrogens (tertiary/aromatic N) is 1.